The van der Waals surface area contributed by atoms with Crippen LogP contribution in [0.15, 0.2) is 54.6 Å². The average Bonchev–Trinajstić information content (AvgIpc) is 3.31. The van der Waals surface area contributed by atoms with Gasteiger partial charge in [-0.1, -0.05) is 60.1 Å². The number of anilines is 1. The van der Waals surface area contributed by atoms with E-state index < -0.39 is 0 Å². The minimum absolute atomic E-state index is 0. The molecule has 0 aliphatic carbocycles. The summed E-state index contributed by atoms with van der Waals surface area (Å²) in [4.78, 5) is 17.0. The molecule has 8 heteroatoms. The maximum Gasteiger partial charge on any atom is 0.267 e. The number of carbonyl (C=O) groups excluding carboxylic acids is 1. The van der Waals surface area contributed by atoms with Crippen LogP contribution < -0.4 is 5.32 Å². The maximum atomic E-state index is 13.0. The van der Waals surface area contributed by atoms with E-state index in [2.05, 4.69) is 40.6 Å². The van der Waals surface area contributed by atoms with Crippen LogP contribution >= 0.6 is 46.7 Å². The molecule has 0 unspecified atom stereocenters. The van der Waals surface area contributed by atoms with Crippen LogP contribution in [0.5, 0.6) is 0 Å². The number of hydrogen-bond donors (Lipinski definition) is 1. The van der Waals surface area contributed by atoms with Gasteiger partial charge in [-0.2, -0.15) is 5.26 Å². The van der Waals surface area contributed by atoms with Gasteiger partial charge >= 0.3 is 0 Å². The van der Waals surface area contributed by atoms with E-state index in [0.29, 0.717) is 20.5 Å². The minimum atomic E-state index is -0.262. The zero-order valence-corrected chi connectivity index (χ0v) is 20.1. The van der Waals surface area contributed by atoms with E-state index in [1.807, 2.05) is 30.3 Å². The smallest absolute Gasteiger partial charge is 0.267 e. The van der Waals surface area contributed by atoms with Crippen molar-refractivity contribution >= 4 is 67.7 Å². The van der Waals surface area contributed by atoms with Crippen LogP contribution in [0.2, 0.25) is 5.02 Å². The van der Waals surface area contributed by atoms with Crippen molar-refractivity contribution in [3.63, 3.8) is 0 Å². The molecule has 3 heterocycles. The number of nitriles is 1. The van der Waals surface area contributed by atoms with Crippen molar-refractivity contribution in [3.8, 4) is 6.07 Å². The molecule has 2 aromatic carbocycles. The second-order valence-corrected chi connectivity index (χ2v) is 10.00. The number of benzene rings is 2. The van der Waals surface area contributed by atoms with E-state index in [9.17, 15) is 10.1 Å². The van der Waals surface area contributed by atoms with Gasteiger partial charge in [0.15, 0.2) is 0 Å². The molecule has 1 aliphatic rings. The van der Waals surface area contributed by atoms with Gasteiger partial charge in [-0.05, 0) is 23.6 Å². The molecule has 1 N–H and O–H groups in total. The Labute approximate surface area is 205 Å². The maximum absolute atomic E-state index is 13.0. The summed E-state index contributed by atoms with van der Waals surface area (Å²) in [5.41, 5.74) is 2.93. The number of amides is 1. The molecule has 162 valence electrons. The first kappa shape index (κ1) is 22.8. The molecule has 4 nitrogen and oxygen atoms in total. The van der Waals surface area contributed by atoms with Crippen molar-refractivity contribution in [1.29, 1.82) is 5.26 Å². The highest BCUT2D eigenvalue weighted by Gasteiger charge is 2.26. The van der Waals surface area contributed by atoms with Crippen molar-refractivity contribution in [2.45, 2.75) is 19.5 Å². The first-order chi connectivity index (χ1) is 15.1. The Morgan fingerprint density at radius 1 is 1.12 bits per heavy atom. The first-order valence-corrected chi connectivity index (χ1v) is 11.9. The number of fused-ring (bicyclic) bond motifs is 2. The molecule has 0 saturated carbocycles. The molecule has 0 fully saturated rings. The van der Waals surface area contributed by atoms with Crippen LogP contribution in [-0.2, 0) is 19.5 Å². The van der Waals surface area contributed by atoms with Crippen molar-refractivity contribution in [1.82, 2.24) is 4.90 Å². The molecule has 0 spiro atoms. The fourth-order valence-corrected chi connectivity index (χ4v) is 6.61. The fraction of sp³-hybridized carbons (Fsp3) is 0.167. The Morgan fingerprint density at radius 2 is 1.88 bits per heavy atom. The molecule has 0 atom stereocenters. The quantitative estimate of drug-likeness (QED) is 0.339. The van der Waals surface area contributed by atoms with Gasteiger partial charge in [0, 0.05) is 34.6 Å². The predicted octanol–water partition coefficient (Wildman–Crippen LogP) is 6.72. The summed E-state index contributed by atoms with van der Waals surface area (Å²) >= 11 is 9.34. The molecule has 4 aromatic rings. The van der Waals surface area contributed by atoms with E-state index >= 15 is 0 Å². The van der Waals surface area contributed by atoms with Crippen LogP contribution in [0.1, 0.15) is 31.2 Å². The van der Waals surface area contributed by atoms with E-state index in [0.717, 1.165) is 46.6 Å². The Kier molecular flexibility index (Phi) is 6.85. The molecule has 1 amide bonds. The van der Waals surface area contributed by atoms with Gasteiger partial charge in [0.05, 0.1) is 10.6 Å². The van der Waals surface area contributed by atoms with Gasteiger partial charge in [-0.25, -0.2) is 0 Å². The highest BCUT2D eigenvalue weighted by Crippen LogP contribution is 2.39. The standard InChI is InChI=1S/C24H18ClN3OS2.ClH/c25-21-17-8-4-5-9-19(17)30-22(21)23(29)27-24-18(12-26)16-10-11-28(14-20(16)31-24)13-15-6-2-1-3-7-15;/h1-9H,10-11,13-14H2,(H,27,29);1H. The lowest BCUT2D eigenvalue weighted by Gasteiger charge is -2.26. The summed E-state index contributed by atoms with van der Waals surface area (Å²) < 4.78 is 0.972. The topological polar surface area (TPSA) is 56.1 Å². The van der Waals surface area contributed by atoms with Crippen molar-refractivity contribution in [2.75, 3.05) is 11.9 Å². The number of halogens is 2. The molecular formula is C24H19Cl2N3OS2. The van der Waals surface area contributed by atoms with Gasteiger partial charge in [0.2, 0.25) is 0 Å². The van der Waals surface area contributed by atoms with Crippen molar-refractivity contribution in [3.05, 3.63) is 86.1 Å². The highest BCUT2D eigenvalue weighted by molar-refractivity contribution is 7.22. The normalized spacial score (nSPS) is 13.2. The number of thiophene rings is 2. The third-order valence-electron chi connectivity index (χ3n) is 5.46. The molecule has 0 bridgehead atoms. The van der Waals surface area contributed by atoms with Crippen LogP contribution in [0.4, 0.5) is 5.00 Å². The molecule has 2 aromatic heterocycles. The minimum Gasteiger partial charge on any atom is -0.312 e. The van der Waals surface area contributed by atoms with Crippen LogP contribution in [0.3, 0.4) is 0 Å². The number of nitrogens with zero attached hydrogens (tertiary/aromatic N) is 2. The molecule has 5 rings (SSSR count). The Balaban J connectivity index is 0.00000245. The number of hydrogen-bond acceptors (Lipinski definition) is 5. The Morgan fingerprint density at radius 3 is 2.62 bits per heavy atom. The summed E-state index contributed by atoms with van der Waals surface area (Å²) in [6, 6.07) is 20.4. The van der Waals surface area contributed by atoms with E-state index in [1.54, 1.807) is 0 Å². The lowest BCUT2D eigenvalue weighted by molar-refractivity contribution is 0.103. The summed E-state index contributed by atoms with van der Waals surface area (Å²) in [5.74, 6) is -0.262. The summed E-state index contributed by atoms with van der Waals surface area (Å²) in [6.07, 6.45) is 0.807. The average molecular weight is 500 g/mol. The Bertz CT molecular complexity index is 1320. The lowest BCUT2D eigenvalue weighted by atomic mass is 10.0. The zero-order valence-electron chi connectivity index (χ0n) is 16.9. The Hall–Kier alpha value is -2.40. The van der Waals surface area contributed by atoms with Crippen molar-refractivity contribution < 1.29 is 4.79 Å². The van der Waals surface area contributed by atoms with E-state index in [-0.39, 0.29) is 18.3 Å². The zero-order chi connectivity index (χ0) is 21.4. The number of nitrogens with one attached hydrogen (secondary N) is 1. The van der Waals surface area contributed by atoms with Gasteiger partial charge in [-0.15, -0.1) is 35.1 Å². The molecule has 0 saturated heterocycles. The van der Waals surface area contributed by atoms with Crippen LogP contribution in [0, 0.1) is 11.3 Å². The third-order valence-corrected chi connectivity index (χ3v) is 8.27. The van der Waals surface area contributed by atoms with Gasteiger partial charge < -0.3 is 5.32 Å². The van der Waals surface area contributed by atoms with E-state index in [1.165, 1.54) is 28.2 Å². The fourth-order valence-electron chi connectivity index (χ4n) is 3.96. The largest absolute Gasteiger partial charge is 0.312 e. The van der Waals surface area contributed by atoms with Crippen LogP contribution in [-0.4, -0.2) is 17.4 Å². The highest BCUT2D eigenvalue weighted by atomic mass is 35.5. The van der Waals surface area contributed by atoms with Crippen molar-refractivity contribution in [2.24, 2.45) is 0 Å². The number of rotatable bonds is 4. The second kappa shape index (κ2) is 9.62. The first-order valence-electron chi connectivity index (χ1n) is 9.93. The van der Waals surface area contributed by atoms with E-state index in [4.69, 9.17) is 11.6 Å². The molecule has 32 heavy (non-hydrogen) atoms. The molecule has 0 radical (unpaired) electrons. The predicted molar refractivity (Wildman–Crippen MR) is 135 cm³/mol. The number of carbonyl (C=O) groups is 1. The van der Waals surface area contributed by atoms with Crippen LogP contribution in [0.25, 0.3) is 10.1 Å². The summed E-state index contributed by atoms with van der Waals surface area (Å²) in [7, 11) is 0. The van der Waals surface area contributed by atoms with Gasteiger partial charge in [0.1, 0.15) is 15.9 Å². The molecule has 1 aliphatic heterocycles. The van der Waals surface area contributed by atoms with Gasteiger partial charge in [0.25, 0.3) is 5.91 Å². The monoisotopic (exact) mass is 499 g/mol. The summed E-state index contributed by atoms with van der Waals surface area (Å²) in [6.45, 7) is 2.55. The second-order valence-electron chi connectivity index (χ2n) is 7.46. The SMILES string of the molecule is Cl.N#Cc1c(NC(=O)c2sc3ccccc3c2Cl)sc2c1CCN(Cc1ccccc1)C2. The van der Waals surface area contributed by atoms with Gasteiger partial charge in [-0.3, -0.25) is 9.69 Å². The summed E-state index contributed by atoms with van der Waals surface area (Å²) in [5, 5.41) is 14.7. The molecular weight excluding hydrogens is 481 g/mol. The third kappa shape index (κ3) is 4.27. The lowest BCUT2D eigenvalue weighted by Crippen LogP contribution is -2.29.